The van der Waals surface area contributed by atoms with Crippen LogP contribution in [0.5, 0.6) is 0 Å². The average Bonchev–Trinajstić information content (AvgIpc) is 3.48. The van der Waals surface area contributed by atoms with Crippen LogP contribution in [0.25, 0.3) is 23.3 Å². The predicted octanol–water partition coefficient (Wildman–Crippen LogP) is 3.14. The van der Waals surface area contributed by atoms with Gasteiger partial charge in [-0.1, -0.05) is 75.1 Å². The fourth-order valence-electron chi connectivity index (χ4n) is 4.08. The molecule has 3 heteroatoms. The van der Waals surface area contributed by atoms with Crippen molar-refractivity contribution < 1.29 is 49.0 Å². The van der Waals surface area contributed by atoms with Gasteiger partial charge >= 0.3 is 70.3 Å². The second kappa shape index (κ2) is 15.4. The Kier molecular flexibility index (Phi) is 13.7. The van der Waals surface area contributed by atoms with E-state index in [4.69, 9.17) is 0 Å². The molecule has 38 heavy (non-hydrogen) atoms. The van der Waals surface area contributed by atoms with Crippen LogP contribution < -0.4 is 24.8 Å². The maximum atomic E-state index is 3.82. The molecule has 4 aromatic carbocycles. The summed E-state index contributed by atoms with van der Waals surface area (Å²) in [7, 11) is 0. The maximum Gasteiger partial charge on any atom is -0.0635 e. The molecule has 0 atom stereocenters. The molecule has 4 aromatic rings. The zero-order valence-corrected chi connectivity index (χ0v) is 27.0. The fourth-order valence-corrected chi connectivity index (χ4v) is 4.49. The van der Waals surface area contributed by atoms with Crippen molar-refractivity contribution in [2.24, 2.45) is 0 Å². The van der Waals surface area contributed by atoms with E-state index in [1.165, 1.54) is 71.9 Å². The second-order valence-corrected chi connectivity index (χ2v) is 12.1. The molecule has 1 aliphatic carbocycles. The summed E-state index contributed by atoms with van der Waals surface area (Å²) in [5.74, 6) is 0. The van der Waals surface area contributed by atoms with Crippen LogP contribution in [-0.4, -0.2) is 3.21 Å². The Morgan fingerprint density at radius 2 is 1.55 bits per heavy atom. The monoisotopic (exact) mass is 616 g/mol. The van der Waals surface area contributed by atoms with Crippen LogP contribution in [0.1, 0.15) is 66.6 Å². The summed E-state index contributed by atoms with van der Waals surface area (Å²) in [5, 5.41) is 0. The molecule has 0 saturated heterocycles. The van der Waals surface area contributed by atoms with E-state index in [0.717, 1.165) is 12.0 Å². The van der Waals surface area contributed by atoms with Crippen molar-refractivity contribution in [1.29, 1.82) is 0 Å². The number of rotatable bonds is 3. The molecule has 0 nitrogen and oxygen atoms in total. The third kappa shape index (κ3) is 9.23. The molecule has 196 valence electrons. The second-order valence-electron chi connectivity index (χ2n) is 10.2. The van der Waals surface area contributed by atoms with Crippen molar-refractivity contribution in [3.63, 3.8) is 0 Å². The van der Waals surface area contributed by atoms with Crippen LogP contribution in [0, 0.1) is 13.0 Å². The number of hydrogen-bond acceptors (Lipinski definition) is 0. The fraction of sp³-hybridized carbons (Fsp3) is 0.200. The molecule has 0 amide bonds. The van der Waals surface area contributed by atoms with E-state index in [2.05, 4.69) is 121 Å². The van der Waals surface area contributed by atoms with Gasteiger partial charge in [0.2, 0.25) is 0 Å². The Balaban J connectivity index is 0.000000299. The smallest absolute Gasteiger partial charge is 0.0635 e. The van der Waals surface area contributed by atoms with Crippen LogP contribution in [0.3, 0.4) is 0 Å². The minimum absolute atomic E-state index is 0. The molecule has 1 aliphatic rings. The van der Waals surface area contributed by atoms with Gasteiger partial charge in [-0.25, -0.2) is 6.07 Å². The number of halogens is 2. The zero-order valence-electron chi connectivity index (χ0n) is 23.0. The first kappa shape index (κ1) is 33.9. The number of aryl methyl sites for hydroxylation is 1. The van der Waals surface area contributed by atoms with Gasteiger partial charge in [-0.3, -0.25) is 0 Å². The van der Waals surface area contributed by atoms with Gasteiger partial charge in [0.25, 0.3) is 0 Å². The molecule has 0 unspecified atom stereocenters. The molecular formula is C35H36Cl2Zr-2. The van der Waals surface area contributed by atoms with Gasteiger partial charge < -0.3 is 24.8 Å². The molecule has 0 heterocycles. The third-order valence-corrected chi connectivity index (χ3v) is 7.00. The van der Waals surface area contributed by atoms with Crippen molar-refractivity contribution in [2.45, 2.75) is 46.5 Å². The van der Waals surface area contributed by atoms with E-state index in [1.807, 2.05) is 24.3 Å². The molecule has 0 bridgehead atoms. The van der Waals surface area contributed by atoms with Crippen LogP contribution >= 0.6 is 0 Å². The number of hydrogen-bond donors (Lipinski definition) is 0. The van der Waals surface area contributed by atoms with Gasteiger partial charge in [0.1, 0.15) is 0 Å². The molecule has 0 radical (unpaired) electrons. The summed E-state index contributed by atoms with van der Waals surface area (Å²) in [6.07, 6.45) is 4.74. The van der Waals surface area contributed by atoms with Crippen LogP contribution in [0.4, 0.5) is 0 Å². The Morgan fingerprint density at radius 3 is 2.03 bits per heavy atom. The first-order valence-electron chi connectivity index (χ1n) is 12.4. The van der Waals surface area contributed by atoms with Gasteiger partial charge in [0.05, 0.1) is 0 Å². The molecule has 0 saturated carbocycles. The minimum atomic E-state index is 0. The van der Waals surface area contributed by atoms with E-state index in [-0.39, 0.29) is 24.8 Å². The van der Waals surface area contributed by atoms with Crippen molar-refractivity contribution in [3.8, 4) is 11.1 Å². The SMILES string of the molecule is C=Cc1c[c-]c2c(c1)-c1cc(C=C)ccc1C2.C[C](=[Zr+2])c1ccccc1.Cc1cc(C(C)(C)C)c[cH-]1.[Cl-].[Cl-]. The number of fused-ring (bicyclic) bond motifs is 3. The van der Waals surface area contributed by atoms with Crippen LogP contribution in [0.2, 0.25) is 0 Å². The summed E-state index contributed by atoms with van der Waals surface area (Å²) in [5.41, 5.74) is 12.1. The topological polar surface area (TPSA) is 0 Å². The van der Waals surface area contributed by atoms with Crippen LogP contribution in [0.15, 0.2) is 92.0 Å². The Morgan fingerprint density at radius 1 is 0.921 bits per heavy atom. The molecular weight excluding hydrogens is 583 g/mol. The minimum Gasteiger partial charge on any atom is -1.00 e. The average molecular weight is 619 g/mol. The first-order chi connectivity index (χ1) is 17.1. The molecule has 5 rings (SSSR count). The van der Waals surface area contributed by atoms with Gasteiger partial charge in [0, 0.05) is 0 Å². The summed E-state index contributed by atoms with van der Waals surface area (Å²) >= 11 is 1.51. The van der Waals surface area contributed by atoms with E-state index >= 15 is 0 Å². The Hall–Kier alpha value is -2.18. The van der Waals surface area contributed by atoms with Crippen molar-refractivity contribution >= 4 is 15.4 Å². The summed E-state index contributed by atoms with van der Waals surface area (Å²) in [6.45, 7) is 18.6. The van der Waals surface area contributed by atoms with E-state index < -0.39 is 0 Å². The van der Waals surface area contributed by atoms with E-state index in [9.17, 15) is 0 Å². The molecule has 0 spiro atoms. The normalized spacial score (nSPS) is 10.6. The molecule has 0 aliphatic heterocycles. The molecule has 0 aromatic heterocycles. The summed E-state index contributed by atoms with van der Waals surface area (Å²) in [4.78, 5) is 0. The van der Waals surface area contributed by atoms with Crippen molar-refractivity contribution in [2.75, 3.05) is 0 Å². The van der Waals surface area contributed by atoms with Crippen molar-refractivity contribution in [1.82, 2.24) is 0 Å². The zero-order chi connectivity index (χ0) is 26.3. The van der Waals surface area contributed by atoms with Gasteiger partial charge in [-0.05, 0) is 12.0 Å². The standard InChI is InChI=1S/C17H13.C10H15.C8H8.2ClH.Zr/c1-3-12-5-7-14-11-15-8-6-13(4-2)10-17(15)16(14)9-12;1-8-5-6-9(7-8)10(2,3)4;1-2-8-6-4-3-5-7-8;;;/h3-7,9-10H,1-2,11H2;5-7H,1-4H3;3-7H,1H3;2*1H;/q2*-1;;;;+2/p-2. The first-order valence-corrected chi connectivity index (χ1v) is 13.6. The maximum absolute atomic E-state index is 3.82. The van der Waals surface area contributed by atoms with E-state index in [0.29, 0.717) is 5.41 Å². The largest absolute Gasteiger partial charge is 1.00 e. The quantitative estimate of drug-likeness (QED) is 0.273. The summed E-state index contributed by atoms with van der Waals surface area (Å²) < 4.78 is 1.46. The molecule has 0 N–H and O–H groups in total. The molecule has 0 fully saturated rings. The Bertz CT molecular complexity index is 1300. The third-order valence-electron chi connectivity index (χ3n) is 6.29. The summed E-state index contributed by atoms with van der Waals surface area (Å²) in [6, 6.07) is 31.2. The van der Waals surface area contributed by atoms with Crippen molar-refractivity contribution in [3.05, 3.63) is 137 Å². The van der Waals surface area contributed by atoms with Gasteiger partial charge in [-0.15, -0.1) is 23.8 Å². The predicted molar refractivity (Wildman–Crippen MR) is 155 cm³/mol. The van der Waals surface area contributed by atoms with Gasteiger partial charge in [-0.2, -0.15) is 47.0 Å². The Labute approximate surface area is 257 Å². The number of benzene rings is 3. The van der Waals surface area contributed by atoms with Crippen LogP contribution in [-0.2, 0) is 36.1 Å². The van der Waals surface area contributed by atoms with E-state index in [1.54, 1.807) is 0 Å². The van der Waals surface area contributed by atoms with Gasteiger partial charge in [0.15, 0.2) is 0 Å².